The van der Waals surface area contributed by atoms with Crippen molar-refractivity contribution in [1.29, 1.82) is 5.26 Å². The van der Waals surface area contributed by atoms with E-state index in [1.165, 1.54) is 11.3 Å². The second-order valence-corrected chi connectivity index (χ2v) is 5.44. The largest absolute Gasteiger partial charge is 0.465 e. The molecule has 1 heterocycles. The summed E-state index contributed by atoms with van der Waals surface area (Å²) in [5.41, 5.74) is 6.35. The Kier molecular flexibility index (Phi) is 2.84. The molecule has 4 nitrogen and oxygen atoms in total. The second kappa shape index (κ2) is 4.04. The van der Waals surface area contributed by atoms with Gasteiger partial charge in [-0.3, -0.25) is 4.79 Å². The first-order valence-electron chi connectivity index (χ1n) is 5.53. The number of carbonyl (C=O) groups excluding carboxylic acids is 1. The minimum Gasteiger partial charge on any atom is -0.465 e. The number of esters is 1. The Hall–Kier alpha value is -1.54. The van der Waals surface area contributed by atoms with Gasteiger partial charge in [-0.1, -0.05) is 0 Å². The molecule has 17 heavy (non-hydrogen) atoms. The molecule has 0 saturated heterocycles. The fourth-order valence-electron chi connectivity index (χ4n) is 2.35. The molecule has 0 unspecified atom stereocenters. The van der Waals surface area contributed by atoms with Gasteiger partial charge in [0.05, 0.1) is 17.6 Å². The number of nitrogens with zero attached hydrogens (tertiary/aromatic N) is 1. The number of hydrogen-bond acceptors (Lipinski definition) is 5. The molecule has 0 radical (unpaired) electrons. The van der Waals surface area contributed by atoms with Crippen LogP contribution in [0.25, 0.3) is 0 Å². The van der Waals surface area contributed by atoms with Crippen LogP contribution < -0.4 is 5.73 Å². The van der Waals surface area contributed by atoms with Gasteiger partial charge in [0.2, 0.25) is 0 Å². The molecule has 1 aliphatic carbocycles. The van der Waals surface area contributed by atoms with Crippen LogP contribution in [0.2, 0.25) is 0 Å². The highest BCUT2D eigenvalue weighted by molar-refractivity contribution is 7.16. The molecule has 0 saturated carbocycles. The average Bonchev–Trinajstić information content (AvgIpc) is 2.77. The third-order valence-corrected chi connectivity index (χ3v) is 4.33. The number of anilines is 1. The van der Waals surface area contributed by atoms with Crippen LogP contribution in [0.5, 0.6) is 0 Å². The van der Waals surface area contributed by atoms with E-state index in [1.54, 1.807) is 6.92 Å². The van der Waals surface area contributed by atoms with Crippen molar-refractivity contribution in [2.75, 3.05) is 12.3 Å². The number of thiophene rings is 1. The highest BCUT2D eigenvalue weighted by atomic mass is 32.1. The van der Waals surface area contributed by atoms with Crippen LogP contribution in [0.3, 0.4) is 0 Å². The first-order chi connectivity index (χ1) is 8.04. The number of nitriles is 1. The van der Waals surface area contributed by atoms with E-state index in [-0.39, 0.29) is 5.97 Å². The summed E-state index contributed by atoms with van der Waals surface area (Å²) in [4.78, 5) is 13.1. The predicted octanol–water partition coefficient (Wildman–Crippen LogP) is 1.97. The number of nitrogens with two attached hydrogens (primary N) is 1. The van der Waals surface area contributed by atoms with Crippen LogP contribution in [-0.4, -0.2) is 12.6 Å². The molecule has 0 fully saturated rings. The summed E-state index contributed by atoms with van der Waals surface area (Å²) in [5.74, 6) is -0.256. The Balaban J connectivity index is 2.52. The highest BCUT2D eigenvalue weighted by Gasteiger charge is 2.46. The van der Waals surface area contributed by atoms with Crippen molar-refractivity contribution in [3.63, 3.8) is 0 Å². The zero-order valence-corrected chi connectivity index (χ0v) is 10.7. The molecule has 0 aliphatic heterocycles. The Morgan fingerprint density at radius 1 is 1.71 bits per heavy atom. The van der Waals surface area contributed by atoms with Crippen molar-refractivity contribution >= 4 is 22.3 Å². The molecule has 0 bridgehead atoms. The smallest absolute Gasteiger partial charge is 0.316 e. The molecular weight excluding hydrogens is 236 g/mol. The van der Waals surface area contributed by atoms with Crippen molar-refractivity contribution in [1.82, 2.24) is 0 Å². The van der Waals surface area contributed by atoms with Crippen molar-refractivity contribution in [3.8, 4) is 6.07 Å². The highest BCUT2D eigenvalue weighted by Crippen LogP contribution is 2.47. The minimum absolute atomic E-state index is 0.256. The maximum atomic E-state index is 12.0. The van der Waals surface area contributed by atoms with Crippen molar-refractivity contribution in [2.45, 2.75) is 32.1 Å². The number of nitrogen functional groups attached to an aromatic ring is 1. The van der Waals surface area contributed by atoms with Gasteiger partial charge in [0.25, 0.3) is 0 Å². The first-order valence-corrected chi connectivity index (χ1v) is 6.35. The minimum atomic E-state index is -0.704. The molecule has 1 aromatic rings. The van der Waals surface area contributed by atoms with Gasteiger partial charge >= 0.3 is 5.97 Å². The third-order valence-electron chi connectivity index (χ3n) is 3.25. The molecule has 1 aliphatic rings. The predicted molar refractivity (Wildman–Crippen MR) is 65.8 cm³/mol. The summed E-state index contributed by atoms with van der Waals surface area (Å²) >= 11 is 1.41. The Labute approximate surface area is 104 Å². The van der Waals surface area contributed by atoms with E-state index in [0.29, 0.717) is 23.6 Å². The number of hydrogen-bond donors (Lipinski definition) is 1. The number of aryl methyl sites for hydroxylation is 1. The zero-order chi connectivity index (χ0) is 12.6. The maximum Gasteiger partial charge on any atom is 0.316 e. The molecule has 90 valence electrons. The quantitative estimate of drug-likeness (QED) is 0.814. The van der Waals surface area contributed by atoms with Crippen LogP contribution in [0.15, 0.2) is 0 Å². The number of carbonyl (C=O) groups is 1. The Morgan fingerprint density at radius 2 is 2.41 bits per heavy atom. The fourth-order valence-corrected chi connectivity index (χ4v) is 3.50. The van der Waals surface area contributed by atoms with E-state index in [0.717, 1.165) is 16.9 Å². The van der Waals surface area contributed by atoms with Crippen LogP contribution >= 0.6 is 11.3 Å². The lowest BCUT2D eigenvalue weighted by molar-refractivity contribution is -0.149. The average molecular weight is 250 g/mol. The van der Waals surface area contributed by atoms with Gasteiger partial charge in [0.15, 0.2) is 0 Å². The summed E-state index contributed by atoms with van der Waals surface area (Å²) in [6.07, 6.45) is 1.49. The lowest BCUT2D eigenvalue weighted by Crippen LogP contribution is -2.32. The van der Waals surface area contributed by atoms with E-state index in [9.17, 15) is 4.79 Å². The van der Waals surface area contributed by atoms with Gasteiger partial charge in [-0.05, 0) is 26.7 Å². The zero-order valence-electron chi connectivity index (χ0n) is 9.87. The Morgan fingerprint density at radius 3 is 3.00 bits per heavy atom. The molecule has 0 aromatic carbocycles. The summed E-state index contributed by atoms with van der Waals surface area (Å²) < 4.78 is 5.11. The van der Waals surface area contributed by atoms with E-state index in [2.05, 4.69) is 6.07 Å². The molecule has 0 amide bonds. The molecule has 1 aromatic heterocycles. The number of rotatable bonds is 2. The molecule has 5 heteroatoms. The van der Waals surface area contributed by atoms with Crippen molar-refractivity contribution in [3.05, 3.63) is 16.0 Å². The van der Waals surface area contributed by atoms with Gasteiger partial charge < -0.3 is 10.5 Å². The van der Waals surface area contributed by atoms with Gasteiger partial charge in [-0.25, -0.2) is 0 Å². The maximum absolute atomic E-state index is 12.0. The molecule has 2 rings (SSSR count). The van der Waals surface area contributed by atoms with Crippen LogP contribution in [0, 0.1) is 11.3 Å². The lowest BCUT2D eigenvalue weighted by Gasteiger charge is -2.22. The fraction of sp³-hybridized carbons (Fsp3) is 0.500. The molecule has 1 atom stereocenters. The van der Waals surface area contributed by atoms with Crippen molar-refractivity contribution in [2.24, 2.45) is 0 Å². The topological polar surface area (TPSA) is 76.1 Å². The Bertz CT molecular complexity index is 515. The standard InChI is InChI=1S/C12H14N2O2S/c1-3-16-11(15)12(2)5-4-8-9(12)7(6-13)10(14)17-8/h3-5,14H2,1-2H3/t12-/m0/s1. The molecule has 2 N–H and O–H groups in total. The molecular formula is C12H14N2O2S. The van der Waals surface area contributed by atoms with E-state index < -0.39 is 5.41 Å². The van der Waals surface area contributed by atoms with Gasteiger partial charge in [-0.15, -0.1) is 11.3 Å². The van der Waals surface area contributed by atoms with Crippen LogP contribution in [0.1, 0.15) is 36.3 Å². The number of ether oxygens (including phenoxy) is 1. The van der Waals surface area contributed by atoms with E-state index in [1.807, 2.05) is 6.92 Å². The van der Waals surface area contributed by atoms with Crippen LogP contribution in [-0.2, 0) is 21.4 Å². The lowest BCUT2D eigenvalue weighted by atomic mass is 9.83. The summed E-state index contributed by atoms with van der Waals surface area (Å²) in [7, 11) is 0. The van der Waals surface area contributed by atoms with E-state index >= 15 is 0 Å². The van der Waals surface area contributed by atoms with E-state index in [4.69, 9.17) is 15.7 Å². The summed E-state index contributed by atoms with van der Waals surface area (Å²) in [6, 6.07) is 2.11. The monoisotopic (exact) mass is 250 g/mol. The third kappa shape index (κ3) is 1.60. The summed E-state index contributed by atoms with van der Waals surface area (Å²) in [6.45, 7) is 3.97. The van der Waals surface area contributed by atoms with Gasteiger partial charge in [0, 0.05) is 10.4 Å². The SMILES string of the molecule is CCOC(=O)[C@@]1(C)CCc2sc(N)c(C#N)c21. The van der Waals surface area contributed by atoms with Gasteiger partial charge in [0.1, 0.15) is 11.1 Å². The first kappa shape index (κ1) is 11.9. The normalized spacial score (nSPS) is 21.9. The van der Waals surface area contributed by atoms with Crippen molar-refractivity contribution < 1.29 is 9.53 Å². The van der Waals surface area contributed by atoms with Gasteiger partial charge in [-0.2, -0.15) is 5.26 Å². The van der Waals surface area contributed by atoms with Crippen LogP contribution in [0.4, 0.5) is 5.00 Å². The number of fused-ring (bicyclic) bond motifs is 1. The summed E-state index contributed by atoms with van der Waals surface area (Å²) in [5, 5.41) is 9.65. The second-order valence-electron chi connectivity index (χ2n) is 4.30. The molecule has 0 spiro atoms.